The smallest absolute Gasteiger partial charge is 0.336 e. The van der Waals surface area contributed by atoms with Gasteiger partial charge in [-0.15, -0.1) is 0 Å². The van der Waals surface area contributed by atoms with Crippen LogP contribution in [0.5, 0.6) is 0 Å². The van der Waals surface area contributed by atoms with E-state index in [0.29, 0.717) is 42.7 Å². The number of hydrogen-bond acceptors (Lipinski definition) is 10. The van der Waals surface area contributed by atoms with Crippen LogP contribution < -0.4 is 0 Å². The van der Waals surface area contributed by atoms with Gasteiger partial charge in [0, 0.05) is 55.4 Å². The lowest BCUT2D eigenvalue weighted by atomic mass is 9.76. The Morgan fingerprint density at radius 1 is 0.516 bits per heavy atom. The van der Waals surface area contributed by atoms with Crippen molar-refractivity contribution in [3.63, 3.8) is 0 Å². The predicted octanol–water partition coefficient (Wildman–Crippen LogP) is 13.4. The first-order valence-electron chi connectivity index (χ1n) is 25.1. The predicted molar refractivity (Wildman–Crippen MR) is 250 cm³/mol. The molecule has 2 unspecified atom stereocenters. The van der Waals surface area contributed by atoms with Gasteiger partial charge < -0.3 is 18.9 Å². The number of pyridine rings is 1. The van der Waals surface area contributed by atoms with E-state index in [2.05, 4.69) is 23.8 Å². The van der Waals surface area contributed by atoms with E-state index in [1.807, 2.05) is 6.07 Å². The van der Waals surface area contributed by atoms with Gasteiger partial charge in [0.25, 0.3) is 0 Å². The molecule has 1 aromatic heterocycles. The molecule has 0 radical (unpaired) electrons. The number of ether oxygens (including phenoxy) is 4. The van der Waals surface area contributed by atoms with Gasteiger partial charge in [0.05, 0.1) is 32.0 Å². The average molecular weight is 867 g/mol. The van der Waals surface area contributed by atoms with E-state index in [0.717, 1.165) is 38.5 Å². The molecule has 0 fully saturated rings. The number of carbonyl (C=O) groups excluding carboxylic acids is 4. The molecule has 0 aromatic carbocycles. The third kappa shape index (κ3) is 25.5. The second-order valence-electron chi connectivity index (χ2n) is 17.4. The van der Waals surface area contributed by atoms with Crippen LogP contribution in [-0.4, -0.2) is 61.0 Å². The van der Waals surface area contributed by atoms with Gasteiger partial charge in [-0.2, -0.15) is 0 Å². The number of allylic oxidation sites excluding steroid dienone is 1. The van der Waals surface area contributed by atoms with E-state index in [-0.39, 0.29) is 43.9 Å². The lowest BCUT2D eigenvalue weighted by molar-refractivity contribution is -0.148. The molecule has 0 saturated heterocycles. The third-order valence-electron chi connectivity index (χ3n) is 11.9. The number of esters is 4. The van der Waals surface area contributed by atoms with E-state index in [1.165, 1.54) is 128 Å². The summed E-state index contributed by atoms with van der Waals surface area (Å²) in [6.45, 7) is 8.44. The monoisotopic (exact) mass is 867 g/mol. The van der Waals surface area contributed by atoms with Crippen molar-refractivity contribution in [3.05, 3.63) is 41.4 Å². The molecule has 352 valence electrons. The Hall–Kier alpha value is -3.56. The van der Waals surface area contributed by atoms with Crippen molar-refractivity contribution in [2.75, 3.05) is 26.4 Å². The van der Waals surface area contributed by atoms with Crippen LogP contribution in [0.3, 0.4) is 0 Å². The largest absolute Gasteiger partial charge is 0.466 e. The number of rotatable bonds is 39. The van der Waals surface area contributed by atoms with Crippen LogP contribution in [0.2, 0.25) is 0 Å². The Bertz CT molecular complexity index is 1410. The van der Waals surface area contributed by atoms with Crippen molar-refractivity contribution < 1.29 is 38.1 Å². The van der Waals surface area contributed by atoms with E-state index in [9.17, 15) is 19.2 Å². The van der Waals surface area contributed by atoms with Gasteiger partial charge in [-0.3, -0.25) is 24.4 Å². The molecule has 2 rings (SSSR count). The van der Waals surface area contributed by atoms with Crippen molar-refractivity contribution >= 4 is 29.6 Å². The molecule has 0 amide bonds. The van der Waals surface area contributed by atoms with Gasteiger partial charge in [0.1, 0.15) is 5.92 Å². The van der Waals surface area contributed by atoms with E-state index >= 15 is 0 Å². The van der Waals surface area contributed by atoms with Gasteiger partial charge in [0.15, 0.2) is 0 Å². The van der Waals surface area contributed by atoms with Crippen molar-refractivity contribution in [2.24, 2.45) is 10.9 Å². The summed E-state index contributed by atoms with van der Waals surface area (Å²) in [6.07, 6.45) is 37.3. The molecule has 1 aromatic rings. The molecule has 0 saturated carbocycles. The van der Waals surface area contributed by atoms with Gasteiger partial charge in [-0.25, -0.2) is 4.79 Å². The average Bonchev–Trinajstić information content (AvgIpc) is 3.26. The molecule has 1 aliphatic heterocycles. The maximum atomic E-state index is 13.6. The zero-order valence-electron chi connectivity index (χ0n) is 39.7. The summed E-state index contributed by atoms with van der Waals surface area (Å²) in [5, 5.41) is 0. The summed E-state index contributed by atoms with van der Waals surface area (Å²) in [7, 11) is 0. The minimum absolute atomic E-state index is 0.0529. The van der Waals surface area contributed by atoms with Crippen LogP contribution in [0.15, 0.2) is 40.8 Å². The lowest BCUT2D eigenvalue weighted by Gasteiger charge is -2.31. The van der Waals surface area contributed by atoms with Crippen molar-refractivity contribution in [3.8, 4) is 0 Å². The quantitative estimate of drug-likeness (QED) is 0.0360. The zero-order valence-corrected chi connectivity index (χ0v) is 39.7. The van der Waals surface area contributed by atoms with Gasteiger partial charge in [0.2, 0.25) is 0 Å². The van der Waals surface area contributed by atoms with Crippen molar-refractivity contribution in [2.45, 2.75) is 226 Å². The zero-order chi connectivity index (χ0) is 44.9. The molecule has 10 nitrogen and oxygen atoms in total. The third-order valence-corrected chi connectivity index (χ3v) is 11.9. The summed E-state index contributed by atoms with van der Waals surface area (Å²) in [4.78, 5) is 60.7. The first-order valence-corrected chi connectivity index (χ1v) is 25.1. The summed E-state index contributed by atoms with van der Waals surface area (Å²) >= 11 is 0. The highest BCUT2D eigenvalue weighted by atomic mass is 16.6. The van der Waals surface area contributed by atoms with E-state index in [1.54, 1.807) is 32.3 Å². The molecular weight excluding hydrogens is 781 g/mol. The minimum Gasteiger partial charge on any atom is -0.466 e. The van der Waals surface area contributed by atoms with Crippen LogP contribution >= 0.6 is 0 Å². The molecule has 0 aliphatic carbocycles. The Morgan fingerprint density at radius 2 is 0.919 bits per heavy atom. The molecular formula is C52H86N2O8. The van der Waals surface area contributed by atoms with Crippen LogP contribution in [-0.2, 0) is 38.1 Å². The van der Waals surface area contributed by atoms with Crippen LogP contribution in [0.4, 0.5) is 0 Å². The van der Waals surface area contributed by atoms with Crippen LogP contribution in [0.1, 0.15) is 232 Å². The Labute approximate surface area is 376 Å². The van der Waals surface area contributed by atoms with E-state index in [4.69, 9.17) is 18.9 Å². The fraction of sp³-hybridized carbons (Fsp3) is 0.769. The second-order valence-corrected chi connectivity index (χ2v) is 17.4. The number of aromatic nitrogens is 1. The van der Waals surface area contributed by atoms with Crippen molar-refractivity contribution in [1.29, 1.82) is 0 Å². The lowest BCUT2D eigenvalue weighted by Crippen LogP contribution is -2.37. The highest BCUT2D eigenvalue weighted by Crippen LogP contribution is 2.40. The number of unbranched alkanes of at least 4 members (excludes halogenated alkanes) is 24. The fourth-order valence-corrected chi connectivity index (χ4v) is 8.24. The molecule has 10 heteroatoms. The Kier molecular flexibility index (Phi) is 32.5. The summed E-state index contributed by atoms with van der Waals surface area (Å²) in [5.74, 6) is -3.13. The second kappa shape index (κ2) is 36.9. The maximum Gasteiger partial charge on any atom is 0.336 e. The SMILES string of the molecule is CCCCCCCCCCCCCCCC(=O)OCCCOC(=O)C1=C(C)N=C(C)C(C(=O)OCCCOC(=O)CCCCCCCCCCCCCCC)C1c1cccnc1. The Balaban J connectivity index is 1.66. The minimum atomic E-state index is -0.866. The summed E-state index contributed by atoms with van der Waals surface area (Å²) < 4.78 is 22.2. The van der Waals surface area contributed by atoms with E-state index < -0.39 is 23.8 Å². The molecule has 2 heterocycles. The van der Waals surface area contributed by atoms with Gasteiger partial charge in [-0.05, 0) is 38.3 Å². The highest BCUT2D eigenvalue weighted by molar-refractivity contribution is 6.07. The first kappa shape index (κ1) is 54.6. The van der Waals surface area contributed by atoms with Crippen molar-refractivity contribution in [1.82, 2.24) is 4.98 Å². The van der Waals surface area contributed by atoms with Gasteiger partial charge in [-0.1, -0.05) is 174 Å². The molecule has 0 N–H and O–H groups in total. The molecule has 62 heavy (non-hydrogen) atoms. The number of hydrogen-bond donors (Lipinski definition) is 0. The van der Waals surface area contributed by atoms with Crippen LogP contribution in [0.25, 0.3) is 0 Å². The first-order chi connectivity index (χ1) is 30.3. The topological polar surface area (TPSA) is 130 Å². The molecule has 0 bridgehead atoms. The van der Waals surface area contributed by atoms with Crippen LogP contribution in [0, 0.1) is 5.92 Å². The molecule has 0 spiro atoms. The normalized spacial score (nSPS) is 15.0. The summed E-state index contributed by atoms with van der Waals surface area (Å²) in [5.41, 5.74) is 1.92. The maximum absolute atomic E-state index is 13.6. The van der Waals surface area contributed by atoms with Gasteiger partial charge >= 0.3 is 23.9 Å². The number of carbonyl (C=O) groups is 4. The molecule has 2 atom stereocenters. The fourth-order valence-electron chi connectivity index (χ4n) is 8.24. The standard InChI is InChI=1S/C52H86N2O8/c1-5-7-9-11-13-15-17-19-21-23-25-27-29-35-46(55)59-38-32-40-61-51(57)48-43(3)54-44(4)49(50(48)45-34-31-37-53-42-45)52(58)62-41-33-39-60-47(56)36-30-28-26-24-22-20-18-16-14-12-10-8-6-2/h31,34,37,42,48,50H,5-30,32-33,35-36,38-41H2,1-4H3. The Morgan fingerprint density at radius 3 is 1.34 bits per heavy atom. The summed E-state index contributed by atoms with van der Waals surface area (Å²) in [6, 6.07) is 3.58. The molecule has 1 aliphatic rings. The number of aliphatic imine (C=N–C) groups is 1. The highest BCUT2D eigenvalue weighted by Gasteiger charge is 2.42. The number of nitrogens with zero attached hydrogens (tertiary/aromatic N) is 2.